The molecule has 1 unspecified atom stereocenters. The molecule has 6 atom stereocenters. The number of likely N-dealkylation sites (tertiary alicyclic amines) is 1. The maximum atomic E-state index is 13.1. The van der Waals surface area contributed by atoms with E-state index in [0.717, 1.165) is 73.3 Å². The normalized spacial score (nSPS) is 34.6. The van der Waals surface area contributed by atoms with Gasteiger partial charge in [0.15, 0.2) is 0 Å². The van der Waals surface area contributed by atoms with E-state index in [-0.39, 0.29) is 12.0 Å². The number of allylic oxidation sites excluding steroid dienone is 1. The molecule has 2 saturated heterocycles. The Morgan fingerprint density at radius 2 is 2.10 bits per heavy atom. The molecule has 1 aromatic heterocycles. The highest BCUT2D eigenvalue weighted by molar-refractivity contribution is 5.97. The smallest absolute Gasteiger partial charge is 0.222 e. The van der Waals surface area contributed by atoms with E-state index in [1.54, 1.807) is 0 Å². The van der Waals surface area contributed by atoms with Crippen LogP contribution in [0.5, 0.6) is 0 Å². The van der Waals surface area contributed by atoms with Gasteiger partial charge in [0.05, 0.1) is 5.69 Å². The lowest BCUT2D eigenvalue weighted by Crippen LogP contribution is -2.44. The van der Waals surface area contributed by atoms with E-state index in [0.29, 0.717) is 17.7 Å². The molecule has 1 amide bonds. The number of aliphatic imine (C=N–C) groups is 1. The summed E-state index contributed by atoms with van der Waals surface area (Å²) >= 11 is 0. The summed E-state index contributed by atoms with van der Waals surface area (Å²) in [6.07, 6.45) is 7.71. The molecule has 0 bridgehead atoms. The van der Waals surface area contributed by atoms with E-state index in [2.05, 4.69) is 45.8 Å². The highest BCUT2D eigenvalue weighted by Crippen LogP contribution is 2.51. The number of rotatable bonds is 6. The zero-order valence-corrected chi connectivity index (χ0v) is 18.1. The predicted octanol–water partition coefficient (Wildman–Crippen LogP) is 3.29. The molecule has 30 heavy (non-hydrogen) atoms. The summed E-state index contributed by atoms with van der Waals surface area (Å²) in [6.45, 7) is 12.7. The number of hydrogen-bond acceptors (Lipinski definition) is 4. The molecule has 1 N–H and O–H groups in total. The molecule has 1 aromatic rings. The van der Waals surface area contributed by atoms with Crippen LogP contribution < -0.4 is 5.32 Å². The SMILES string of the molecule is C=C(c1cccnc1/C(=C\C)C1C=N1)[C@H]1C[C@@H](C)CN(C(=O)C[C@H]2[C@@H]3CNC[C@@H]32)C1. The van der Waals surface area contributed by atoms with Gasteiger partial charge in [0.1, 0.15) is 6.04 Å². The van der Waals surface area contributed by atoms with E-state index in [1.165, 1.54) is 0 Å². The minimum absolute atomic E-state index is 0.160. The molecule has 5 rings (SSSR count). The Balaban J connectivity index is 1.30. The maximum absolute atomic E-state index is 13.1. The number of nitrogens with one attached hydrogen (secondary N) is 1. The first-order chi connectivity index (χ1) is 14.6. The van der Waals surface area contributed by atoms with Gasteiger partial charge in [0.2, 0.25) is 5.91 Å². The third-order valence-corrected chi connectivity index (χ3v) is 7.54. The van der Waals surface area contributed by atoms with Gasteiger partial charge in [-0.25, -0.2) is 0 Å². The van der Waals surface area contributed by atoms with Gasteiger partial charge in [-0.1, -0.05) is 25.6 Å². The van der Waals surface area contributed by atoms with E-state index in [4.69, 9.17) is 0 Å². The third kappa shape index (κ3) is 3.64. The van der Waals surface area contributed by atoms with E-state index in [1.807, 2.05) is 25.4 Å². The van der Waals surface area contributed by atoms with Crippen LogP contribution in [0.3, 0.4) is 0 Å². The number of amides is 1. The second-order valence-electron chi connectivity index (χ2n) is 9.60. The summed E-state index contributed by atoms with van der Waals surface area (Å²) in [5, 5.41) is 3.43. The Hall–Kier alpha value is -2.27. The van der Waals surface area contributed by atoms with Gasteiger partial charge in [-0.3, -0.25) is 14.8 Å². The quantitative estimate of drug-likeness (QED) is 0.792. The molecule has 0 aromatic carbocycles. The highest BCUT2D eigenvalue weighted by atomic mass is 16.2. The lowest BCUT2D eigenvalue weighted by molar-refractivity contribution is -0.134. The number of pyridine rings is 1. The zero-order valence-electron chi connectivity index (χ0n) is 18.1. The molecule has 3 aliphatic heterocycles. The fourth-order valence-corrected chi connectivity index (χ4v) is 5.75. The highest BCUT2D eigenvalue weighted by Gasteiger charge is 2.53. The molecular formula is C25H32N4O. The van der Waals surface area contributed by atoms with Crippen molar-refractivity contribution < 1.29 is 4.79 Å². The number of piperidine rings is 2. The van der Waals surface area contributed by atoms with E-state index >= 15 is 0 Å². The topological polar surface area (TPSA) is 57.6 Å². The van der Waals surface area contributed by atoms with Gasteiger partial charge in [0.25, 0.3) is 0 Å². The first-order valence-electron chi connectivity index (χ1n) is 11.4. The lowest BCUT2D eigenvalue weighted by atomic mass is 9.81. The molecule has 0 radical (unpaired) electrons. The standard InChI is InChI=1S/C25H32N4O/c1-4-18(23-12-28-23)25-19(6-5-7-27-25)16(3)17-8-15(2)13-29(14-17)24(30)9-20-21-10-26-11-22(20)21/h4-7,12,15,17,20-23,26H,3,8-11,13-14H2,1-2H3/b18-4-/t15-,17+,20-,21-,22+,23?/m1/s1. The zero-order chi connectivity index (χ0) is 20.8. The van der Waals surface area contributed by atoms with E-state index < -0.39 is 0 Å². The Kier molecular flexibility index (Phi) is 5.10. The summed E-state index contributed by atoms with van der Waals surface area (Å²) < 4.78 is 0. The Bertz CT molecular complexity index is 903. The van der Waals surface area contributed by atoms with Crippen LogP contribution in [-0.2, 0) is 4.79 Å². The third-order valence-electron chi connectivity index (χ3n) is 7.54. The molecular weight excluding hydrogens is 372 g/mol. The number of hydrogen-bond donors (Lipinski definition) is 1. The fourth-order valence-electron chi connectivity index (χ4n) is 5.75. The van der Waals surface area contributed by atoms with Gasteiger partial charge in [-0.05, 0) is 61.7 Å². The van der Waals surface area contributed by atoms with Crippen LogP contribution in [0.4, 0.5) is 0 Å². The summed E-state index contributed by atoms with van der Waals surface area (Å²) in [5.74, 6) is 3.19. The molecule has 1 aliphatic carbocycles. The molecule has 0 spiro atoms. The summed E-state index contributed by atoms with van der Waals surface area (Å²) in [5.41, 5.74) is 4.35. The van der Waals surface area contributed by atoms with Gasteiger partial charge >= 0.3 is 0 Å². The summed E-state index contributed by atoms with van der Waals surface area (Å²) in [6, 6.07) is 4.27. The van der Waals surface area contributed by atoms with Crippen molar-refractivity contribution >= 4 is 23.3 Å². The van der Waals surface area contributed by atoms with Crippen LogP contribution in [0.25, 0.3) is 11.1 Å². The van der Waals surface area contributed by atoms with Crippen LogP contribution in [0.2, 0.25) is 0 Å². The Morgan fingerprint density at radius 3 is 2.80 bits per heavy atom. The van der Waals surface area contributed by atoms with Gasteiger partial charge in [-0.15, -0.1) is 0 Å². The molecule has 5 heteroatoms. The van der Waals surface area contributed by atoms with Crippen LogP contribution in [-0.4, -0.2) is 54.2 Å². The van der Waals surface area contributed by atoms with Crippen LogP contribution in [0.15, 0.2) is 36.0 Å². The monoisotopic (exact) mass is 404 g/mol. The van der Waals surface area contributed by atoms with Crippen molar-refractivity contribution in [3.8, 4) is 0 Å². The van der Waals surface area contributed by atoms with Crippen molar-refractivity contribution in [2.45, 2.75) is 32.7 Å². The predicted molar refractivity (Wildman–Crippen MR) is 121 cm³/mol. The fraction of sp³-hybridized carbons (Fsp3) is 0.560. The number of fused-ring (bicyclic) bond motifs is 1. The van der Waals surface area contributed by atoms with Crippen molar-refractivity contribution in [2.24, 2.45) is 34.6 Å². The van der Waals surface area contributed by atoms with Crippen molar-refractivity contribution in [2.75, 3.05) is 26.2 Å². The number of carbonyl (C=O) groups excluding carboxylic acids is 1. The molecule has 3 fully saturated rings. The average molecular weight is 405 g/mol. The number of carbonyl (C=O) groups is 1. The van der Waals surface area contributed by atoms with Crippen molar-refractivity contribution in [3.05, 3.63) is 42.2 Å². The van der Waals surface area contributed by atoms with Crippen molar-refractivity contribution in [1.29, 1.82) is 0 Å². The summed E-state index contributed by atoms with van der Waals surface area (Å²) in [4.78, 5) is 24.2. The minimum Gasteiger partial charge on any atom is -0.342 e. The molecule has 1 saturated carbocycles. The van der Waals surface area contributed by atoms with Gasteiger partial charge in [-0.2, -0.15) is 0 Å². The Labute approximate surface area is 179 Å². The molecule has 158 valence electrons. The number of aromatic nitrogens is 1. The molecule has 4 heterocycles. The first kappa shape index (κ1) is 19.7. The van der Waals surface area contributed by atoms with Crippen LogP contribution >= 0.6 is 0 Å². The Morgan fingerprint density at radius 1 is 1.33 bits per heavy atom. The molecule has 5 nitrogen and oxygen atoms in total. The first-order valence-corrected chi connectivity index (χ1v) is 11.4. The van der Waals surface area contributed by atoms with Crippen LogP contribution in [0, 0.1) is 29.6 Å². The summed E-state index contributed by atoms with van der Waals surface area (Å²) in [7, 11) is 0. The lowest BCUT2D eigenvalue weighted by Gasteiger charge is -2.38. The average Bonchev–Trinajstić information content (AvgIpc) is 3.65. The second kappa shape index (κ2) is 7.77. The van der Waals surface area contributed by atoms with Gasteiger partial charge in [0, 0.05) is 49.0 Å². The van der Waals surface area contributed by atoms with E-state index in [9.17, 15) is 4.79 Å². The largest absolute Gasteiger partial charge is 0.342 e. The second-order valence-corrected chi connectivity index (χ2v) is 9.60. The van der Waals surface area contributed by atoms with Crippen molar-refractivity contribution in [3.63, 3.8) is 0 Å². The van der Waals surface area contributed by atoms with Crippen molar-refractivity contribution in [1.82, 2.24) is 15.2 Å². The van der Waals surface area contributed by atoms with Gasteiger partial charge < -0.3 is 10.2 Å². The van der Waals surface area contributed by atoms with Crippen LogP contribution in [0.1, 0.15) is 37.9 Å². The molecule has 4 aliphatic rings. The maximum Gasteiger partial charge on any atom is 0.222 e. The number of nitrogens with zero attached hydrogens (tertiary/aromatic N) is 3. The minimum atomic E-state index is 0.160.